The molecule has 21 heavy (non-hydrogen) atoms. The number of aliphatic hydroxyl groups is 1. The molecule has 3 unspecified atom stereocenters. The SMILES string of the molecule is COC1(C(O)c2cccc3cccnc23)CCCC(C)C1. The van der Waals surface area contributed by atoms with Gasteiger partial charge in [0.2, 0.25) is 0 Å². The Hall–Kier alpha value is -1.45. The summed E-state index contributed by atoms with van der Waals surface area (Å²) in [6, 6.07) is 9.94. The third-order valence-corrected chi connectivity index (χ3v) is 4.85. The van der Waals surface area contributed by atoms with Gasteiger partial charge >= 0.3 is 0 Å². The van der Waals surface area contributed by atoms with Crippen molar-refractivity contribution in [1.82, 2.24) is 4.98 Å². The molecule has 1 N–H and O–H groups in total. The van der Waals surface area contributed by atoms with Crippen molar-refractivity contribution in [2.75, 3.05) is 7.11 Å². The highest BCUT2D eigenvalue weighted by Crippen LogP contribution is 2.44. The molecule has 0 saturated heterocycles. The number of nitrogens with zero attached hydrogens (tertiary/aromatic N) is 1. The molecule has 112 valence electrons. The van der Waals surface area contributed by atoms with Gasteiger partial charge in [-0.15, -0.1) is 0 Å². The maximum atomic E-state index is 11.0. The van der Waals surface area contributed by atoms with Gasteiger partial charge in [-0.1, -0.05) is 44.0 Å². The first-order chi connectivity index (χ1) is 10.2. The summed E-state index contributed by atoms with van der Waals surface area (Å²) in [7, 11) is 1.72. The molecule has 1 aliphatic rings. The van der Waals surface area contributed by atoms with Crippen molar-refractivity contribution in [3.05, 3.63) is 42.1 Å². The summed E-state index contributed by atoms with van der Waals surface area (Å²) in [6.07, 6.45) is 5.26. The van der Waals surface area contributed by atoms with Crippen LogP contribution in [0.5, 0.6) is 0 Å². The maximum Gasteiger partial charge on any atom is 0.110 e. The van der Waals surface area contributed by atoms with E-state index in [1.54, 1.807) is 13.3 Å². The van der Waals surface area contributed by atoms with Crippen LogP contribution in [0.15, 0.2) is 36.5 Å². The molecule has 1 fully saturated rings. The summed E-state index contributed by atoms with van der Waals surface area (Å²) in [4.78, 5) is 4.47. The molecule has 2 aromatic rings. The number of benzene rings is 1. The molecule has 3 heteroatoms. The number of aromatic nitrogens is 1. The molecular weight excluding hydrogens is 262 g/mol. The summed E-state index contributed by atoms with van der Waals surface area (Å²) in [5.41, 5.74) is 1.27. The Bertz CT molecular complexity index is 622. The van der Waals surface area contributed by atoms with Gasteiger partial charge in [-0.05, 0) is 24.8 Å². The molecule has 3 atom stereocenters. The lowest BCUT2D eigenvalue weighted by atomic mass is 9.73. The largest absolute Gasteiger partial charge is 0.385 e. The molecule has 1 saturated carbocycles. The van der Waals surface area contributed by atoms with E-state index in [1.807, 2.05) is 30.3 Å². The van der Waals surface area contributed by atoms with Gasteiger partial charge in [0.1, 0.15) is 6.10 Å². The Morgan fingerprint density at radius 1 is 1.33 bits per heavy atom. The van der Waals surface area contributed by atoms with Crippen LogP contribution < -0.4 is 0 Å². The standard InChI is InChI=1S/C18H23NO2/c1-13-6-4-10-18(12-13,21-2)17(20)15-9-3-7-14-8-5-11-19-16(14)15/h3,5,7-9,11,13,17,20H,4,6,10,12H2,1-2H3. The number of rotatable bonds is 3. The highest BCUT2D eigenvalue weighted by Gasteiger charge is 2.42. The van der Waals surface area contributed by atoms with Crippen molar-refractivity contribution in [3.8, 4) is 0 Å². The van der Waals surface area contributed by atoms with Crippen molar-refractivity contribution in [2.24, 2.45) is 5.92 Å². The molecule has 0 radical (unpaired) electrons. The van der Waals surface area contributed by atoms with Crippen LogP contribution in [0.3, 0.4) is 0 Å². The summed E-state index contributed by atoms with van der Waals surface area (Å²) in [6.45, 7) is 2.24. The zero-order valence-corrected chi connectivity index (χ0v) is 12.7. The number of para-hydroxylation sites is 1. The van der Waals surface area contributed by atoms with Gasteiger partial charge in [-0.2, -0.15) is 0 Å². The second-order valence-electron chi connectivity index (χ2n) is 6.30. The molecule has 1 aromatic heterocycles. The fourth-order valence-corrected chi connectivity index (χ4v) is 3.72. The second-order valence-corrected chi connectivity index (χ2v) is 6.30. The lowest BCUT2D eigenvalue weighted by molar-refractivity contribution is -0.133. The van der Waals surface area contributed by atoms with E-state index >= 15 is 0 Å². The minimum atomic E-state index is -0.635. The van der Waals surface area contributed by atoms with E-state index in [0.717, 1.165) is 35.7 Å². The quantitative estimate of drug-likeness (QED) is 0.931. The van der Waals surface area contributed by atoms with E-state index < -0.39 is 11.7 Å². The average molecular weight is 285 g/mol. The number of ether oxygens (including phenoxy) is 1. The number of aliphatic hydroxyl groups excluding tert-OH is 1. The predicted octanol–water partition coefficient (Wildman–Crippen LogP) is 3.86. The van der Waals surface area contributed by atoms with Gasteiger partial charge in [-0.3, -0.25) is 4.98 Å². The third kappa shape index (κ3) is 2.56. The Balaban J connectivity index is 2.04. The van der Waals surface area contributed by atoms with E-state index in [4.69, 9.17) is 4.74 Å². The van der Waals surface area contributed by atoms with Gasteiger partial charge in [0.15, 0.2) is 0 Å². The Kier molecular flexibility index (Phi) is 3.96. The number of hydrogen-bond acceptors (Lipinski definition) is 3. The number of hydrogen-bond donors (Lipinski definition) is 1. The maximum absolute atomic E-state index is 11.0. The Labute approximate surface area is 126 Å². The molecule has 1 aromatic carbocycles. The fraction of sp³-hybridized carbons (Fsp3) is 0.500. The first kappa shape index (κ1) is 14.5. The molecule has 0 bridgehead atoms. The lowest BCUT2D eigenvalue weighted by Crippen LogP contribution is -2.42. The summed E-state index contributed by atoms with van der Waals surface area (Å²) in [5.74, 6) is 0.580. The topological polar surface area (TPSA) is 42.4 Å². The van der Waals surface area contributed by atoms with E-state index in [0.29, 0.717) is 5.92 Å². The molecule has 1 aliphatic carbocycles. The molecular formula is C18H23NO2. The van der Waals surface area contributed by atoms with E-state index in [2.05, 4.69) is 11.9 Å². The van der Waals surface area contributed by atoms with Crippen LogP contribution in [-0.4, -0.2) is 22.8 Å². The van der Waals surface area contributed by atoms with Gasteiger partial charge in [0, 0.05) is 24.3 Å². The molecule has 1 heterocycles. The van der Waals surface area contributed by atoms with Crippen LogP contribution in [0.25, 0.3) is 10.9 Å². The van der Waals surface area contributed by atoms with Gasteiger partial charge in [-0.25, -0.2) is 0 Å². The van der Waals surface area contributed by atoms with Gasteiger partial charge in [0.25, 0.3) is 0 Å². The first-order valence-corrected chi connectivity index (χ1v) is 7.73. The Morgan fingerprint density at radius 2 is 2.14 bits per heavy atom. The van der Waals surface area contributed by atoms with Crippen LogP contribution in [0.4, 0.5) is 0 Å². The molecule has 0 amide bonds. The second kappa shape index (κ2) is 5.74. The zero-order chi connectivity index (χ0) is 14.9. The normalized spacial score (nSPS) is 27.7. The highest BCUT2D eigenvalue weighted by molar-refractivity contribution is 5.82. The van der Waals surface area contributed by atoms with Gasteiger partial charge in [0.05, 0.1) is 11.1 Å². The van der Waals surface area contributed by atoms with Crippen molar-refractivity contribution >= 4 is 10.9 Å². The molecule has 3 rings (SSSR count). The smallest absolute Gasteiger partial charge is 0.110 e. The van der Waals surface area contributed by atoms with E-state index in [-0.39, 0.29) is 0 Å². The van der Waals surface area contributed by atoms with Crippen LogP contribution in [-0.2, 0) is 4.74 Å². The zero-order valence-electron chi connectivity index (χ0n) is 12.7. The van der Waals surface area contributed by atoms with Crippen LogP contribution in [0.1, 0.15) is 44.3 Å². The van der Waals surface area contributed by atoms with Crippen molar-refractivity contribution in [3.63, 3.8) is 0 Å². The average Bonchev–Trinajstić information content (AvgIpc) is 2.53. The number of fused-ring (bicyclic) bond motifs is 1. The van der Waals surface area contributed by atoms with E-state index in [1.165, 1.54) is 6.42 Å². The number of methoxy groups -OCH3 is 1. The minimum Gasteiger partial charge on any atom is -0.385 e. The highest BCUT2D eigenvalue weighted by atomic mass is 16.5. The van der Waals surface area contributed by atoms with E-state index in [9.17, 15) is 5.11 Å². The summed E-state index contributed by atoms with van der Waals surface area (Å²) in [5, 5.41) is 12.1. The van der Waals surface area contributed by atoms with Gasteiger partial charge < -0.3 is 9.84 Å². The number of pyridine rings is 1. The third-order valence-electron chi connectivity index (χ3n) is 4.85. The van der Waals surface area contributed by atoms with Crippen LogP contribution in [0, 0.1) is 5.92 Å². The summed E-state index contributed by atoms with van der Waals surface area (Å²) >= 11 is 0. The molecule has 0 aliphatic heterocycles. The predicted molar refractivity (Wildman–Crippen MR) is 84.1 cm³/mol. The Morgan fingerprint density at radius 3 is 2.90 bits per heavy atom. The minimum absolute atomic E-state index is 0.483. The van der Waals surface area contributed by atoms with Crippen LogP contribution >= 0.6 is 0 Å². The van der Waals surface area contributed by atoms with Crippen molar-refractivity contribution in [1.29, 1.82) is 0 Å². The first-order valence-electron chi connectivity index (χ1n) is 7.73. The lowest BCUT2D eigenvalue weighted by Gasteiger charge is -2.42. The molecule has 0 spiro atoms. The summed E-state index contributed by atoms with van der Waals surface area (Å²) < 4.78 is 5.84. The van der Waals surface area contributed by atoms with Crippen molar-refractivity contribution < 1.29 is 9.84 Å². The van der Waals surface area contributed by atoms with Crippen LogP contribution in [0.2, 0.25) is 0 Å². The monoisotopic (exact) mass is 285 g/mol. The fourth-order valence-electron chi connectivity index (χ4n) is 3.72. The molecule has 3 nitrogen and oxygen atoms in total. The van der Waals surface area contributed by atoms with Crippen molar-refractivity contribution in [2.45, 2.75) is 44.3 Å².